The first-order valence-electron chi connectivity index (χ1n) is 8.08. The van der Waals surface area contributed by atoms with Gasteiger partial charge in [-0.15, -0.1) is 0 Å². The zero-order chi connectivity index (χ0) is 19.6. The van der Waals surface area contributed by atoms with Crippen molar-refractivity contribution in [1.29, 1.82) is 0 Å². The summed E-state index contributed by atoms with van der Waals surface area (Å²) in [5, 5.41) is 11.9. The van der Waals surface area contributed by atoms with Crippen molar-refractivity contribution in [2.24, 2.45) is 0 Å². The minimum Gasteiger partial charge on any atom is -0.507 e. The summed E-state index contributed by atoms with van der Waals surface area (Å²) < 4.78 is 10.5. The first-order chi connectivity index (χ1) is 13.0. The summed E-state index contributed by atoms with van der Waals surface area (Å²) in [6.07, 6.45) is 0. The van der Waals surface area contributed by atoms with E-state index in [0.717, 1.165) is 41.2 Å². The Hall–Kier alpha value is -3.61. The zero-order valence-corrected chi connectivity index (χ0v) is 14.8. The number of rotatable bonds is 4. The predicted molar refractivity (Wildman–Crippen MR) is 98.1 cm³/mol. The summed E-state index contributed by atoms with van der Waals surface area (Å²) in [5.74, 6) is -2.51. The van der Waals surface area contributed by atoms with Gasteiger partial charge in [0.05, 0.1) is 20.8 Å². The van der Waals surface area contributed by atoms with E-state index in [1.165, 1.54) is 0 Å². The van der Waals surface area contributed by atoms with Crippen molar-refractivity contribution < 1.29 is 24.2 Å². The number of aromatic hydroxyl groups is 1. The highest BCUT2D eigenvalue weighted by molar-refractivity contribution is 6.03. The topological polar surface area (TPSA) is 94.8 Å². The number of hydrogen-bond donors (Lipinski definition) is 1. The second-order valence-electron chi connectivity index (χ2n) is 5.80. The highest BCUT2D eigenvalue weighted by Crippen LogP contribution is 2.24. The molecule has 1 aromatic heterocycles. The van der Waals surface area contributed by atoms with Gasteiger partial charge in [0.15, 0.2) is 0 Å². The molecule has 0 saturated heterocycles. The third-order valence-corrected chi connectivity index (χ3v) is 4.27. The quantitative estimate of drug-likeness (QED) is 0.711. The Kier molecular flexibility index (Phi) is 4.94. The largest absolute Gasteiger partial charge is 0.507 e. The van der Waals surface area contributed by atoms with E-state index >= 15 is 0 Å². The van der Waals surface area contributed by atoms with E-state index in [1.807, 2.05) is 42.5 Å². The second-order valence-corrected chi connectivity index (χ2v) is 5.80. The van der Waals surface area contributed by atoms with Crippen LogP contribution in [0.15, 0.2) is 53.3 Å². The first-order valence-corrected chi connectivity index (χ1v) is 8.08. The van der Waals surface area contributed by atoms with Crippen LogP contribution in [0, 0.1) is 0 Å². The van der Waals surface area contributed by atoms with E-state index in [2.05, 4.69) is 4.74 Å². The molecule has 1 heterocycles. The van der Waals surface area contributed by atoms with Gasteiger partial charge < -0.3 is 14.6 Å². The molecule has 0 aliphatic carbocycles. The molecule has 0 fully saturated rings. The van der Waals surface area contributed by atoms with Gasteiger partial charge in [-0.25, -0.2) is 9.59 Å². The van der Waals surface area contributed by atoms with Crippen molar-refractivity contribution in [3.63, 3.8) is 0 Å². The maximum Gasteiger partial charge on any atom is 0.355 e. The monoisotopic (exact) mass is 367 g/mol. The van der Waals surface area contributed by atoms with Gasteiger partial charge in [-0.05, 0) is 16.3 Å². The van der Waals surface area contributed by atoms with Crippen LogP contribution >= 0.6 is 0 Å². The number of methoxy groups -OCH3 is 2. The maximum absolute atomic E-state index is 12.5. The third-order valence-electron chi connectivity index (χ3n) is 4.27. The van der Waals surface area contributed by atoms with Gasteiger partial charge in [-0.2, -0.15) is 0 Å². The van der Waals surface area contributed by atoms with Gasteiger partial charge in [-0.3, -0.25) is 9.36 Å². The lowest BCUT2D eigenvalue weighted by Crippen LogP contribution is -2.30. The third kappa shape index (κ3) is 3.27. The number of pyridine rings is 1. The molecule has 7 nitrogen and oxygen atoms in total. The molecule has 138 valence electrons. The molecule has 0 aliphatic rings. The highest BCUT2D eigenvalue weighted by Gasteiger charge is 2.28. The molecule has 0 saturated carbocycles. The molecule has 0 radical (unpaired) electrons. The number of aromatic nitrogens is 1. The molecule has 0 atom stereocenters. The van der Waals surface area contributed by atoms with Crippen LogP contribution in [0.25, 0.3) is 10.8 Å². The Morgan fingerprint density at radius 3 is 2.37 bits per heavy atom. The van der Waals surface area contributed by atoms with Crippen LogP contribution < -0.4 is 5.56 Å². The fraction of sp³-hybridized carbons (Fsp3) is 0.150. The maximum atomic E-state index is 12.5. The average Bonchev–Trinajstić information content (AvgIpc) is 2.68. The molecule has 3 rings (SSSR count). The lowest BCUT2D eigenvalue weighted by atomic mass is 10.0. The van der Waals surface area contributed by atoms with Crippen LogP contribution in [0.5, 0.6) is 5.75 Å². The first kappa shape index (κ1) is 18.2. The Labute approximate surface area is 154 Å². The molecule has 3 aromatic rings. The van der Waals surface area contributed by atoms with Crippen molar-refractivity contribution in [3.05, 3.63) is 75.7 Å². The number of ether oxygens (including phenoxy) is 2. The van der Waals surface area contributed by atoms with Gasteiger partial charge in [0.1, 0.15) is 17.0 Å². The lowest BCUT2D eigenvalue weighted by molar-refractivity contribution is 0.0540. The number of carbonyl (C=O) groups excluding carboxylic acids is 2. The molecule has 2 aromatic carbocycles. The van der Waals surface area contributed by atoms with Crippen LogP contribution in [-0.2, 0) is 16.0 Å². The predicted octanol–water partition coefficient (Wildman–Crippen LogP) is 2.33. The van der Waals surface area contributed by atoms with Gasteiger partial charge in [0.2, 0.25) is 0 Å². The van der Waals surface area contributed by atoms with Gasteiger partial charge in [0.25, 0.3) is 5.56 Å². The molecule has 0 spiro atoms. The van der Waals surface area contributed by atoms with Crippen molar-refractivity contribution in [2.45, 2.75) is 6.54 Å². The van der Waals surface area contributed by atoms with Crippen LogP contribution in [0.2, 0.25) is 0 Å². The molecule has 0 aliphatic heterocycles. The van der Waals surface area contributed by atoms with Crippen molar-refractivity contribution in [2.75, 3.05) is 14.2 Å². The number of nitrogens with zero attached hydrogens (tertiary/aromatic N) is 1. The molecule has 0 unspecified atom stereocenters. The van der Waals surface area contributed by atoms with E-state index in [0.29, 0.717) is 0 Å². The van der Waals surface area contributed by atoms with E-state index in [9.17, 15) is 19.5 Å². The lowest BCUT2D eigenvalue weighted by Gasteiger charge is -2.16. The molecule has 1 N–H and O–H groups in total. The fourth-order valence-corrected chi connectivity index (χ4v) is 3.00. The standard InChI is InChI=1S/C20H17NO6/c1-26-19(24)17-15(22)10-16(23)21(18(17)20(25)27-2)11-13-8-5-7-12-6-3-4-9-14(12)13/h3-10,22H,11H2,1-2H3. The summed E-state index contributed by atoms with van der Waals surface area (Å²) in [6, 6.07) is 14.1. The SMILES string of the molecule is COC(=O)c1c(O)cc(=O)n(Cc2cccc3ccccc23)c1C(=O)OC. The number of hydrogen-bond acceptors (Lipinski definition) is 6. The van der Waals surface area contributed by atoms with E-state index < -0.39 is 28.8 Å². The number of fused-ring (bicyclic) bond motifs is 1. The minimum absolute atomic E-state index is 0.00882. The minimum atomic E-state index is -0.945. The molecule has 27 heavy (non-hydrogen) atoms. The molecule has 7 heteroatoms. The summed E-state index contributed by atoms with van der Waals surface area (Å²) in [4.78, 5) is 37.0. The van der Waals surface area contributed by atoms with Crippen LogP contribution in [0.3, 0.4) is 0 Å². The summed E-state index contributed by atoms with van der Waals surface area (Å²) in [7, 11) is 2.24. The Balaban J connectivity index is 2.27. The van der Waals surface area contributed by atoms with Crippen molar-refractivity contribution in [3.8, 4) is 5.75 Å². The molecular weight excluding hydrogens is 350 g/mol. The summed E-state index contributed by atoms with van der Waals surface area (Å²) >= 11 is 0. The Morgan fingerprint density at radius 1 is 1.00 bits per heavy atom. The normalized spacial score (nSPS) is 10.6. The Bertz CT molecular complexity index is 1090. The van der Waals surface area contributed by atoms with Gasteiger partial charge >= 0.3 is 11.9 Å². The van der Waals surface area contributed by atoms with Gasteiger partial charge in [0, 0.05) is 6.07 Å². The summed E-state index contributed by atoms with van der Waals surface area (Å²) in [6.45, 7) is 0.00882. The van der Waals surface area contributed by atoms with E-state index in [1.54, 1.807) is 0 Å². The van der Waals surface area contributed by atoms with Crippen LogP contribution in [-0.4, -0.2) is 35.8 Å². The number of benzene rings is 2. The number of esters is 2. The molecule has 0 amide bonds. The van der Waals surface area contributed by atoms with Crippen LogP contribution in [0.4, 0.5) is 0 Å². The van der Waals surface area contributed by atoms with Crippen molar-refractivity contribution >= 4 is 22.7 Å². The van der Waals surface area contributed by atoms with Crippen LogP contribution in [0.1, 0.15) is 26.4 Å². The highest BCUT2D eigenvalue weighted by atomic mass is 16.5. The molecule has 0 bridgehead atoms. The van der Waals surface area contributed by atoms with Gasteiger partial charge in [-0.1, -0.05) is 42.5 Å². The Morgan fingerprint density at radius 2 is 1.67 bits per heavy atom. The number of carbonyl (C=O) groups is 2. The van der Waals surface area contributed by atoms with E-state index in [-0.39, 0.29) is 12.2 Å². The van der Waals surface area contributed by atoms with Crippen molar-refractivity contribution in [1.82, 2.24) is 4.57 Å². The average molecular weight is 367 g/mol. The van der Waals surface area contributed by atoms with E-state index in [4.69, 9.17) is 4.74 Å². The fourth-order valence-electron chi connectivity index (χ4n) is 3.00. The second kappa shape index (κ2) is 7.33. The molecular formula is C20H17NO6. The zero-order valence-electron chi connectivity index (χ0n) is 14.8. The summed E-state index contributed by atoms with van der Waals surface area (Å²) in [5.41, 5.74) is -0.651. The smallest absolute Gasteiger partial charge is 0.355 e.